The van der Waals surface area contributed by atoms with Gasteiger partial charge in [0.1, 0.15) is 18.0 Å². The number of hydrogen-bond donors (Lipinski definition) is 2. The molecule has 1 heterocycles. The Kier molecular flexibility index (Phi) is 9.35. The van der Waals surface area contributed by atoms with Gasteiger partial charge in [-0.2, -0.15) is 0 Å². The smallest absolute Gasteiger partial charge is 0.289 e. The van der Waals surface area contributed by atoms with Crippen LogP contribution in [0.5, 0.6) is 0 Å². The zero-order valence-corrected chi connectivity index (χ0v) is 22.0. The summed E-state index contributed by atoms with van der Waals surface area (Å²) in [6, 6.07) is 21.4. The van der Waals surface area contributed by atoms with E-state index in [1.807, 2.05) is 42.5 Å². The van der Waals surface area contributed by atoms with Crippen LogP contribution in [0.1, 0.15) is 23.7 Å². The van der Waals surface area contributed by atoms with Crippen molar-refractivity contribution in [2.24, 2.45) is 0 Å². The highest BCUT2D eigenvalue weighted by molar-refractivity contribution is 6.38. The first-order valence-electron chi connectivity index (χ1n) is 12.3. The summed E-state index contributed by atoms with van der Waals surface area (Å²) in [5, 5.41) is 7.70. The molecule has 0 radical (unpaired) electrons. The SMILES string of the molecule is C[C@@H](OCc1ccc(F)cc1)C(=O)N[C@H](Cc1ccc2ccccc2c1)C(=O)C(=O)NCc1ccc(Cl)cn1. The van der Waals surface area contributed by atoms with E-state index in [9.17, 15) is 18.8 Å². The molecule has 0 aliphatic carbocycles. The van der Waals surface area contributed by atoms with Gasteiger partial charge in [-0.25, -0.2) is 4.39 Å². The molecule has 0 saturated carbocycles. The summed E-state index contributed by atoms with van der Waals surface area (Å²) in [5.41, 5.74) is 1.99. The molecule has 0 aliphatic rings. The maximum absolute atomic E-state index is 13.2. The third kappa shape index (κ3) is 7.92. The number of pyridine rings is 1. The number of amides is 2. The number of fused-ring (bicyclic) bond motifs is 1. The molecule has 3 aromatic carbocycles. The number of carbonyl (C=O) groups is 3. The molecule has 2 atom stereocenters. The molecule has 0 spiro atoms. The predicted molar refractivity (Wildman–Crippen MR) is 146 cm³/mol. The van der Waals surface area contributed by atoms with E-state index in [1.54, 1.807) is 31.2 Å². The fourth-order valence-corrected chi connectivity index (χ4v) is 4.02. The second kappa shape index (κ2) is 13.1. The Morgan fingerprint density at radius 2 is 1.67 bits per heavy atom. The molecular weight excluding hydrogens is 521 g/mol. The number of carbonyl (C=O) groups excluding carboxylic acids is 3. The topological polar surface area (TPSA) is 97.4 Å². The number of nitrogens with zero attached hydrogens (tertiary/aromatic N) is 1. The molecule has 0 fully saturated rings. The Bertz CT molecular complexity index is 1460. The third-order valence-corrected chi connectivity index (χ3v) is 6.34. The average molecular weight is 548 g/mol. The van der Waals surface area contributed by atoms with Crippen molar-refractivity contribution in [3.05, 3.63) is 113 Å². The van der Waals surface area contributed by atoms with Gasteiger partial charge < -0.3 is 15.4 Å². The minimum Gasteiger partial charge on any atom is -0.364 e. The fourth-order valence-electron chi connectivity index (χ4n) is 3.90. The van der Waals surface area contributed by atoms with Crippen molar-refractivity contribution < 1.29 is 23.5 Å². The largest absolute Gasteiger partial charge is 0.364 e. The molecule has 7 nitrogen and oxygen atoms in total. The summed E-state index contributed by atoms with van der Waals surface area (Å²) in [7, 11) is 0. The highest BCUT2D eigenvalue weighted by Gasteiger charge is 2.29. The first-order valence-corrected chi connectivity index (χ1v) is 12.7. The van der Waals surface area contributed by atoms with Crippen LogP contribution < -0.4 is 10.6 Å². The number of Topliss-reactive ketones (excluding diaryl/α,β-unsaturated/α-hetero) is 1. The first kappa shape index (κ1) is 27.9. The molecule has 0 unspecified atom stereocenters. The van der Waals surface area contributed by atoms with Crippen molar-refractivity contribution in [1.29, 1.82) is 0 Å². The minimum absolute atomic E-state index is 0.0234. The van der Waals surface area contributed by atoms with Gasteiger partial charge in [0, 0.05) is 12.6 Å². The van der Waals surface area contributed by atoms with Gasteiger partial charge in [-0.15, -0.1) is 0 Å². The molecule has 2 N–H and O–H groups in total. The highest BCUT2D eigenvalue weighted by atomic mass is 35.5. The van der Waals surface area contributed by atoms with Gasteiger partial charge in [0.05, 0.1) is 23.9 Å². The number of ketones is 1. The average Bonchev–Trinajstić information content (AvgIpc) is 2.95. The Labute approximate surface area is 230 Å². The second-order valence-corrected chi connectivity index (χ2v) is 9.48. The van der Waals surface area contributed by atoms with Crippen molar-refractivity contribution in [2.75, 3.05) is 0 Å². The molecule has 0 saturated heterocycles. The lowest BCUT2D eigenvalue weighted by molar-refractivity contribution is -0.141. The Morgan fingerprint density at radius 3 is 2.38 bits per heavy atom. The van der Waals surface area contributed by atoms with Gasteiger partial charge in [-0.1, -0.05) is 66.2 Å². The number of rotatable bonds is 11. The maximum Gasteiger partial charge on any atom is 0.289 e. The van der Waals surface area contributed by atoms with Crippen LogP contribution in [0, 0.1) is 5.82 Å². The number of ether oxygens (including phenoxy) is 1. The predicted octanol–water partition coefficient (Wildman–Crippen LogP) is 4.55. The Balaban J connectivity index is 1.45. The van der Waals surface area contributed by atoms with E-state index in [-0.39, 0.29) is 25.4 Å². The molecule has 2 amide bonds. The minimum atomic E-state index is -1.13. The van der Waals surface area contributed by atoms with Gasteiger partial charge in [-0.05, 0) is 53.1 Å². The zero-order chi connectivity index (χ0) is 27.8. The molecule has 39 heavy (non-hydrogen) atoms. The van der Waals surface area contributed by atoms with Crippen LogP contribution >= 0.6 is 11.6 Å². The lowest BCUT2D eigenvalue weighted by Crippen LogP contribution is -2.51. The van der Waals surface area contributed by atoms with Crippen LogP contribution in [0.15, 0.2) is 85.1 Å². The van der Waals surface area contributed by atoms with Crippen molar-refractivity contribution in [3.63, 3.8) is 0 Å². The van der Waals surface area contributed by atoms with Crippen LogP contribution in [-0.2, 0) is 38.7 Å². The molecule has 9 heteroatoms. The van der Waals surface area contributed by atoms with Gasteiger partial charge in [0.15, 0.2) is 0 Å². The van der Waals surface area contributed by atoms with Gasteiger partial charge in [0.25, 0.3) is 5.91 Å². The van der Waals surface area contributed by atoms with E-state index in [0.29, 0.717) is 16.3 Å². The quantitative estimate of drug-likeness (QED) is 0.269. The van der Waals surface area contributed by atoms with Crippen LogP contribution in [0.3, 0.4) is 0 Å². The number of nitrogens with one attached hydrogen (secondary N) is 2. The molecule has 4 aromatic rings. The Hall–Kier alpha value is -4.14. The van der Waals surface area contributed by atoms with Crippen LogP contribution in [0.25, 0.3) is 10.8 Å². The lowest BCUT2D eigenvalue weighted by atomic mass is 9.98. The van der Waals surface area contributed by atoms with E-state index < -0.39 is 29.7 Å². The number of hydrogen-bond acceptors (Lipinski definition) is 5. The first-order chi connectivity index (χ1) is 18.8. The lowest BCUT2D eigenvalue weighted by Gasteiger charge is -2.20. The summed E-state index contributed by atoms with van der Waals surface area (Å²) in [6.45, 7) is 1.64. The van der Waals surface area contributed by atoms with Gasteiger partial charge in [-0.3, -0.25) is 19.4 Å². The van der Waals surface area contributed by atoms with E-state index in [0.717, 1.165) is 16.3 Å². The van der Waals surface area contributed by atoms with Crippen molar-refractivity contribution in [2.45, 2.75) is 38.6 Å². The standard InChI is InChI=1S/C30H27ClFN3O4/c1-19(39-18-20-7-11-25(32)12-8-20)29(37)35-27(15-21-6-9-22-4-2-3-5-23(22)14-21)28(36)30(38)34-17-26-13-10-24(31)16-33-26/h2-14,16,19,27H,15,17-18H2,1H3,(H,34,38)(H,35,37)/t19-,27-/m1/s1. The molecular formula is C30H27ClFN3O4. The van der Waals surface area contributed by atoms with E-state index in [1.165, 1.54) is 18.3 Å². The van der Waals surface area contributed by atoms with E-state index >= 15 is 0 Å². The number of benzene rings is 3. The molecule has 1 aromatic heterocycles. The van der Waals surface area contributed by atoms with Crippen molar-refractivity contribution >= 4 is 40.0 Å². The summed E-state index contributed by atoms with van der Waals surface area (Å²) in [4.78, 5) is 43.1. The number of aromatic nitrogens is 1. The van der Waals surface area contributed by atoms with E-state index in [4.69, 9.17) is 16.3 Å². The zero-order valence-electron chi connectivity index (χ0n) is 21.2. The van der Waals surface area contributed by atoms with Crippen LogP contribution in [0.4, 0.5) is 4.39 Å². The second-order valence-electron chi connectivity index (χ2n) is 9.04. The monoisotopic (exact) mass is 547 g/mol. The Morgan fingerprint density at radius 1 is 0.949 bits per heavy atom. The van der Waals surface area contributed by atoms with Crippen LogP contribution in [0.2, 0.25) is 5.02 Å². The van der Waals surface area contributed by atoms with Crippen LogP contribution in [-0.4, -0.2) is 34.7 Å². The summed E-state index contributed by atoms with van der Waals surface area (Å²) in [5.74, 6) is -2.57. The summed E-state index contributed by atoms with van der Waals surface area (Å²) < 4.78 is 18.8. The summed E-state index contributed by atoms with van der Waals surface area (Å²) in [6.07, 6.45) is 0.622. The van der Waals surface area contributed by atoms with Gasteiger partial charge in [0.2, 0.25) is 11.7 Å². The van der Waals surface area contributed by atoms with Crippen molar-refractivity contribution in [1.82, 2.24) is 15.6 Å². The molecule has 0 bridgehead atoms. The highest BCUT2D eigenvalue weighted by Crippen LogP contribution is 2.17. The normalized spacial score (nSPS) is 12.5. The molecule has 4 rings (SSSR count). The fraction of sp³-hybridized carbons (Fsp3) is 0.200. The van der Waals surface area contributed by atoms with Gasteiger partial charge >= 0.3 is 0 Å². The van der Waals surface area contributed by atoms with E-state index in [2.05, 4.69) is 15.6 Å². The van der Waals surface area contributed by atoms with Crippen molar-refractivity contribution in [3.8, 4) is 0 Å². The third-order valence-electron chi connectivity index (χ3n) is 6.11. The molecule has 0 aliphatic heterocycles. The molecule has 200 valence electrons. The summed E-state index contributed by atoms with van der Waals surface area (Å²) >= 11 is 5.85. The number of halogens is 2. The maximum atomic E-state index is 13.2.